The zero-order valence-corrected chi connectivity index (χ0v) is 18.9. The third-order valence-electron chi connectivity index (χ3n) is 4.79. The summed E-state index contributed by atoms with van der Waals surface area (Å²) in [4.78, 5) is 0. The lowest BCUT2D eigenvalue weighted by Gasteiger charge is -2.19. The van der Waals surface area contributed by atoms with Crippen LogP contribution in [0.25, 0.3) is 0 Å². The Balaban J connectivity index is 0.000000395. The van der Waals surface area contributed by atoms with E-state index >= 15 is 0 Å². The van der Waals surface area contributed by atoms with Crippen molar-refractivity contribution in [2.75, 3.05) is 34.4 Å². The van der Waals surface area contributed by atoms with Gasteiger partial charge in [0.15, 0.2) is 11.5 Å². The van der Waals surface area contributed by atoms with Crippen molar-refractivity contribution in [3.05, 3.63) is 23.8 Å². The summed E-state index contributed by atoms with van der Waals surface area (Å²) in [6.45, 7) is 7.42. The first-order chi connectivity index (χ1) is 13.6. The van der Waals surface area contributed by atoms with Gasteiger partial charge in [-0.1, -0.05) is 46.1 Å². The Morgan fingerprint density at radius 1 is 0.893 bits per heavy atom. The molecule has 1 aromatic carbocycles. The number of benzene rings is 1. The average Bonchev–Trinajstić information content (AvgIpc) is 3.27. The van der Waals surface area contributed by atoms with Crippen LogP contribution >= 0.6 is 0 Å². The van der Waals surface area contributed by atoms with Crippen molar-refractivity contribution in [1.29, 1.82) is 0 Å². The fraction of sp³-hybridized carbons (Fsp3) is 0.739. The SMILES string of the molecule is CC.CCc1ccc(OC)c(OC)c1.COC1CCCCC1.FN1CCCC1. The fourth-order valence-electron chi connectivity index (χ4n) is 3.08. The van der Waals surface area contributed by atoms with Gasteiger partial charge < -0.3 is 14.2 Å². The summed E-state index contributed by atoms with van der Waals surface area (Å²) in [6, 6.07) is 5.97. The molecule has 1 saturated carbocycles. The molecule has 0 bridgehead atoms. The molecule has 3 rings (SSSR count). The highest BCUT2D eigenvalue weighted by Crippen LogP contribution is 2.27. The van der Waals surface area contributed by atoms with Gasteiger partial charge in [-0.25, -0.2) is 0 Å². The topological polar surface area (TPSA) is 30.9 Å². The Kier molecular flexibility index (Phi) is 16.9. The smallest absolute Gasteiger partial charge is 0.160 e. The van der Waals surface area contributed by atoms with Crippen molar-refractivity contribution in [3.63, 3.8) is 0 Å². The molecule has 0 amide bonds. The predicted octanol–water partition coefficient (Wildman–Crippen LogP) is 6.22. The standard InChI is InChI=1S/C10H14O2.C7H14O.C4H8FN.C2H6/c1-4-8-5-6-9(11-2)10(7-8)12-3;1-8-7-5-3-2-4-6-7;5-6-3-1-2-4-6;1-2/h5-7H,4H2,1-3H3;7H,2-6H2,1H3;1-4H2;1-2H3. The molecule has 1 saturated heterocycles. The van der Waals surface area contributed by atoms with Gasteiger partial charge in [0.05, 0.1) is 20.3 Å². The van der Waals surface area contributed by atoms with E-state index in [-0.39, 0.29) is 0 Å². The molecule has 0 unspecified atom stereocenters. The van der Waals surface area contributed by atoms with Gasteiger partial charge in [0.25, 0.3) is 0 Å². The van der Waals surface area contributed by atoms with E-state index < -0.39 is 0 Å². The van der Waals surface area contributed by atoms with E-state index in [0.29, 0.717) is 19.2 Å². The first-order valence-electron chi connectivity index (χ1n) is 10.8. The second-order valence-corrected chi connectivity index (χ2v) is 6.66. The highest BCUT2D eigenvalue weighted by Gasteiger charge is 2.10. The van der Waals surface area contributed by atoms with Gasteiger partial charge >= 0.3 is 0 Å². The molecule has 0 N–H and O–H groups in total. The number of nitrogens with zero attached hydrogens (tertiary/aromatic N) is 1. The molecule has 5 heteroatoms. The molecule has 2 fully saturated rings. The monoisotopic (exact) mass is 399 g/mol. The Hall–Kier alpha value is -1.33. The second-order valence-electron chi connectivity index (χ2n) is 6.66. The van der Waals surface area contributed by atoms with E-state index in [1.54, 1.807) is 14.2 Å². The highest BCUT2D eigenvalue weighted by atomic mass is 19.2. The minimum absolute atomic E-state index is 0.587. The van der Waals surface area contributed by atoms with Gasteiger partial charge in [-0.3, -0.25) is 0 Å². The van der Waals surface area contributed by atoms with Crippen molar-refractivity contribution >= 4 is 0 Å². The summed E-state index contributed by atoms with van der Waals surface area (Å²) in [5.41, 5.74) is 1.26. The first-order valence-corrected chi connectivity index (χ1v) is 10.8. The van der Waals surface area contributed by atoms with Crippen molar-refractivity contribution in [3.8, 4) is 11.5 Å². The Bertz CT molecular complexity index is 473. The molecule has 28 heavy (non-hydrogen) atoms. The zero-order chi connectivity index (χ0) is 21.2. The Morgan fingerprint density at radius 2 is 1.46 bits per heavy atom. The van der Waals surface area contributed by atoms with Crippen LogP contribution in [-0.2, 0) is 11.2 Å². The molecule has 0 radical (unpaired) electrons. The summed E-state index contributed by atoms with van der Waals surface area (Å²) >= 11 is 0. The summed E-state index contributed by atoms with van der Waals surface area (Å²) in [7, 11) is 5.11. The molecule has 1 aromatic rings. The van der Waals surface area contributed by atoms with Crippen molar-refractivity contribution < 1.29 is 18.7 Å². The van der Waals surface area contributed by atoms with Crippen molar-refractivity contribution in [2.24, 2.45) is 0 Å². The number of methoxy groups -OCH3 is 3. The minimum Gasteiger partial charge on any atom is -0.493 e. The minimum atomic E-state index is 0.587. The highest BCUT2D eigenvalue weighted by molar-refractivity contribution is 5.42. The number of rotatable bonds is 4. The second kappa shape index (κ2) is 17.7. The molecular formula is C23H42FNO3. The zero-order valence-electron chi connectivity index (χ0n) is 18.9. The Morgan fingerprint density at radius 3 is 1.82 bits per heavy atom. The molecule has 2 aliphatic rings. The number of halogens is 1. The van der Waals surface area contributed by atoms with Gasteiger partial charge in [-0.05, 0) is 49.8 Å². The number of hydrogen-bond donors (Lipinski definition) is 0. The lowest BCUT2D eigenvalue weighted by molar-refractivity contribution is 0.0574. The van der Waals surface area contributed by atoms with Crippen molar-refractivity contribution in [2.45, 2.75) is 78.2 Å². The lowest BCUT2D eigenvalue weighted by atomic mass is 9.98. The molecule has 1 aliphatic heterocycles. The lowest BCUT2D eigenvalue weighted by Crippen LogP contribution is -2.13. The van der Waals surface area contributed by atoms with Gasteiger partial charge in [0, 0.05) is 20.2 Å². The molecule has 0 spiro atoms. The average molecular weight is 400 g/mol. The van der Waals surface area contributed by atoms with Crippen LogP contribution in [0.3, 0.4) is 0 Å². The summed E-state index contributed by atoms with van der Waals surface area (Å²) in [5, 5.41) is 0.861. The van der Waals surface area contributed by atoms with Gasteiger partial charge in [0.1, 0.15) is 0 Å². The largest absolute Gasteiger partial charge is 0.493 e. The van der Waals surface area contributed by atoms with Crippen molar-refractivity contribution in [1.82, 2.24) is 5.12 Å². The maximum Gasteiger partial charge on any atom is 0.160 e. The Labute approximate surface area is 172 Å². The molecule has 0 aromatic heterocycles. The van der Waals surface area contributed by atoms with Crippen LogP contribution < -0.4 is 9.47 Å². The molecule has 1 heterocycles. The van der Waals surface area contributed by atoms with E-state index in [1.165, 1.54) is 37.7 Å². The first kappa shape index (κ1) is 26.7. The van der Waals surface area contributed by atoms with Gasteiger partial charge in [0.2, 0.25) is 0 Å². The summed E-state index contributed by atoms with van der Waals surface area (Å²) in [5.74, 6) is 1.59. The normalized spacial score (nSPS) is 16.5. The fourth-order valence-corrected chi connectivity index (χ4v) is 3.08. The molecule has 0 atom stereocenters. The number of ether oxygens (including phenoxy) is 3. The molecule has 164 valence electrons. The maximum absolute atomic E-state index is 11.8. The van der Waals surface area contributed by atoms with Crippen LogP contribution in [0, 0.1) is 0 Å². The van der Waals surface area contributed by atoms with E-state index in [0.717, 1.165) is 35.9 Å². The maximum atomic E-state index is 11.8. The van der Waals surface area contributed by atoms with Crippen LogP contribution in [0.15, 0.2) is 18.2 Å². The number of hydrogen-bond acceptors (Lipinski definition) is 4. The van der Waals surface area contributed by atoms with E-state index in [4.69, 9.17) is 14.2 Å². The summed E-state index contributed by atoms with van der Waals surface area (Å²) in [6.07, 6.45) is 10.4. The third-order valence-corrected chi connectivity index (χ3v) is 4.79. The van der Waals surface area contributed by atoms with Crippen LogP contribution in [-0.4, -0.2) is 45.6 Å². The van der Waals surface area contributed by atoms with E-state index in [9.17, 15) is 4.48 Å². The summed E-state index contributed by atoms with van der Waals surface area (Å²) < 4.78 is 27.2. The van der Waals surface area contributed by atoms with Crippen LogP contribution in [0.1, 0.15) is 71.3 Å². The molecular weight excluding hydrogens is 357 g/mol. The number of aryl methyl sites for hydroxylation is 1. The van der Waals surface area contributed by atoms with Crippen LogP contribution in [0.5, 0.6) is 11.5 Å². The molecule has 4 nitrogen and oxygen atoms in total. The van der Waals surface area contributed by atoms with Gasteiger partial charge in [-0.15, -0.1) is 9.60 Å². The quantitative estimate of drug-likeness (QED) is 0.562. The van der Waals surface area contributed by atoms with E-state index in [1.807, 2.05) is 39.2 Å². The van der Waals surface area contributed by atoms with Crippen LogP contribution in [0.2, 0.25) is 0 Å². The predicted molar refractivity (Wildman–Crippen MR) is 116 cm³/mol. The molecule has 1 aliphatic carbocycles. The van der Waals surface area contributed by atoms with E-state index in [2.05, 4.69) is 6.92 Å². The third kappa shape index (κ3) is 11.5. The van der Waals surface area contributed by atoms with Gasteiger partial charge in [-0.2, -0.15) is 0 Å². The van der Waals surface area contributed by atoms with Crippen LogP contribution in [0.4, 0.5) is 4.48 Å².